The molecule has 48 heavy (non-hydrogen) atoms. The van der Waals surface area contributed by atoms with Crippen LogP contribution >= 0.6 is 31.9 Å². The first-order chi connectivity index (χ1) is 23.0. The molecule has 1 rings (SSSR count). The van der Waals surface area contributed by atoms with Gasteiger partial charge in [-0.25, -0.2) is 0 Å². The molecule has 0 aliphatic carbocycles. The van der Waals surface area contributed by atoms with E-state index in [1.165, 1.54) is 180 Å². The van der Waals surface area contributed by atoms with Crippen molar-refractivity contribution in [1.29, 1.82) is 0 Å². The largest absolute Gasteiger partial charge is 1.00 e. The van der Waals surface area contributed by atoms with Crippen molar-refractivity contribution in [1.82, 2.24) is 0 Å². The summed E-state index contributed by atoms with van der Waals surface area (Å²) in [4.78, 5) is 0. The van der Waals surface area contributed by atoms with Crippen LogP contribution in [0.1, 0.15) is 227 Å². The Bertz CT molecular complexity index is 600. The van der Waals surface area contributed by atoms with E-state index in [0.29, 0.717) is 0 Å². The third-order valence-electron chi connectivity index (χ3n) is 9.06. The second-order valence-electron chi connectivity index (χ2n) is 13.9. The number of halogens is 2. The zero-order valence-corrected chi connectivity index (χ0v) is 37.0. The zero-order valence-electron chi connectivity index (χ0n) is 33.8. The number of hydrogen-bond acceptors (Lipinski definition) is 1. The van der Waals surface area contributed by atoms with Gasteiger partial charge in [-0.2, -0.15) is 6.42 Å². The van der Waals surface area contributed by atoms with Crippen LogP contribution in [0.15, 0.2) is 9.47 Å². The van der Waals surface area contributed by atoms with E-state index in [1.54, 1.807) is 0 Å². The van der Waals surface area contributed by atoms with Gasteiger partial charge in [-0.15, -0.1) is 12.3 Å². The fourth-order valence-electron chi connectivity index (χ4n) is 5.81. The summed E-state index contributed by atoms with van der Waals surface area (Å²) in [5.41, 5.74) is 0. The van der Waals surface area contributed by atoms with Gasteiger partial charge in [0.2, 0.25) is 0 Å². The van der Waals surface area contributed by atoms with E-state index >= 15 is 0 Å². The van der Waals surface area contributed by atoms with Gasteiger partial charge >= 0.3 is 18.9 Å². The molecule has 1 fully saturated rings. The summed E-state index contributed by atoms with van der Waals surface area (Å²) in [5.74, 6) is 4.57. The van der Waals surface area contributed by atoms with Crippen molar-refractivity contribution in [3.05, 3.63) is 16.4 Å². The summed E-state index contributed by atoms with van der Waals surface area (Å²) < 4.78 is 6.06. The molecule has 0 spiro atoms. The molecular weight excluding hydrogens is 711 g/mol. The van der Waals surface area contributed by atoms with Gasteiger partial charge in [0.25, 0.3) is 0 Å². The van der Waals surface area contributed by atoms with E-state index in [-0.39, 0.29) is 18.9 Å². The average molecular weight is 797 g/mol. The second kappa shape index (κ2) is 52.2. The monoisotopic (exact) mass is 795 g/mol. The molecule has 0 saturated carbocycles. The number of terminal acetylenes is 1. The number of hydrogen-bond donors (Lipinski definition) is 0. The van der Waals surface area contributed by atoms with Crippen molar-refractivity contribution in [2.45, 2.75) is 227 Å². The van der Waals surface area contributed by atoms with Gasteiger partial charge in [-0.05, 0) is 75.8 Å². The maximum Gasteiger partial charge on any atom is 1.00 e. The predicted octanol–water partition coefficient (Wildman–Crippen LogP) is 14.1. The maximum atomic E-state index is 5.48. The van der Waals surface area contributed by atoms with E-state index in [9.17, 15) is 0 Å². The van der Waals surface area contributed by atoms with Crippen molar-refractivity contribution >= 4 is 31.9 Å². The Morgan fingerprint density at radius 2 is 0.938 bits per heavy atom. The molecule has 0 aromatic heterocycles. The number of unbranched alkanes of at least 4 members (excludes halogenated alkanes) is 17. The zero-order chi connectivity index (χ0) is 35.5. The van der Waals surface area contributed by atoms with E-state index < -0.39 is 0 Å². The minimum absolute atomic E-state index is 0. The molecule has 4 heteroatoms. The SMILES string of the molecule is C#CCC(CCCCCC)CCCCCCCC.C1CCOC1.CCCCCCCCC(CC=C(Br)Br)CCCCCC.[CH2-]CCC.[Li+]. The Kier molecular flexibility index (Phi) is 60.4. The fourth-order valence-corrected chi connectivity index (χ4v) is 6.18. The van der Waals surface area contributed by atoms with Gasteiger partial charge in [0.05, 0.1) is 3.39 Å². The molecule has 0 amide bonds. The van der Waals surface area contributed by atoms with Gasteiger partial charge in [0.15, 0.2) is 0 Å². The summed E-state index contributed by atoms with van der Waals surface area (Å²) in [6.07, 6.45) is 48.4. The first-order valence-electron chi connectivity index (χ1n) is 20.8. The Labute approximate surface area is 334 Å². The molecule has 0 N–H and O–H groups in total. The maximum absolute atomic E-state index is 5.48. The Hall–Kier alpha value is 0.817. The molecule has 0 bridgehead atoms. The molecule has 1 saturated heterocycles. The molecule has 2 unspecified atom stereocenters. The van der Waals surface area contributed by atoms with Crippen molar-refractivity contribution in [3.63, 3.8) is 0 Å². The van der Waals surface area contributed by atoms with Crippen LogP contribution in [0.2, 0.25) is 0 Å². The van der Waals surface area contributed by atoms with Crippen LogP contribution in [0.4, 0.5) is 0 Å². The topological polar surface area (TPSA) is 9.23 Å². The molecule has 0 aromatic rings. The molecule has 1 nitrogen and oxygen atoms in total. The van der Waals surface area contributed by atoms with Crippen LogP contribution in [0.5, 0.6) is 0 Å². The second-order valence-corrected chi connectivity index (χ2v) is 16.6. The number of allylic oxidation sites excluding steroid dienone is 1. The van der Waals surface area contributed by atoms with Crippen molar-refractivity contribution in [3.8, 4) is 12.3 Å². The minimum atomic E-state index is 0. The molecule has 1 aliphatic rings. The molecule has 0 radical (unpaired) electrons. The third kappa shape index (κ3) is 53.6. The summed E-state index contributed by atoms with van der Waals surface area (Å²) >= 11 is 6.97. The average Bonchev–Trinajstić information content (AvgIpc) is 3.67. The minimum Gasteiger partial charge on any atom is -0.381 e. The van der Waals surface area contributed by atoms with Crippen molar-refractivity contribution in [2.75, 3.05) is 13.2 Å². The molecule has 1 heterocycles. The van der Waals surface area contributed by atoms with Crippen molar-refractivity contribution in [2.24, 2.45) is 11.8 Å². The molecule has 2 atom stereocenters. The smallest absolute Gasteiger partial charge is 0.381 e. The van der Waals surface area contributed by atoms with E-state index in [0.717, 1.165) is 41.3 Å². The molecular formula is C44H85Br2LiO. The molecule has 0 aromatic carbocycles. The van der Waals surface area contributed by atoms with Gasteiger partial charge in [-0.1, -0.05) is 188 Å². The predicted molar refractivity (Wildman–Crippen MR) is 225 cm³/mol. The fraction of sp³-hybridized carbons (Fsp3) is 0.886. The molecule has 282 valence electrons. The summed E-state index contributed by atoms with van der Waals surface area (Å²) in [6.45, 7) is 16.9. The van der Waals surface area contributed by atoms with Gasteiger partial charge < -0.3 is 11.7 Å². The number of rotatable bonds is 28. The van der Waals surface area contributed by atoms with Crippen LogP contribution in [0, 0.1) is 31.1 Å². The molecule has 1 aliphatic heterocycles. The standard InChI is InChI=1S/C18H34Br2.C18H34.C4H8O.C4H9.Li/c1-3-5-7-9-10-12-14-17(15-16-18(19)20)13-11-8-6-4-2;1-4-7-9-11-12-14-17-18(15-6-3)16-13-10-8-5-2;1-2-4-5-3-1;1-3-4-2;/h16-17H,3-15H2,1-2H3;3,18H,4-5,7-17H2,1-2H3;1-4H2;1,3-4H2,2H3;/q;;;-1;+1. The Morgan fingerprint density at radius 1 is 0.604 bits per heavy atom. The van der Waals surface area contributed by atoms with Crippen LogP contribution in [-0.2, 0) is 4.74 Å². The number of ether oxygens (including phenoxy) is 1. The summed E-state index contributed by atoms with van der Waals surface area (Å²) in [6, 6.07) is 0. The first-order valence-corrected chi connectivity index (χ1v) is 22.4. The van der Waals surface area contributed by atoms with E-state index in [2.05, 4.69) is 85.4 Å². The normalized spacial score (nSPS) is 12.9. The van der Waals surface area contributed by atoms with Crippen molar-refractivity contribution < 1.29 is 23.6 Å². The van der Waals surface area contributed by atoms with Gasteiger partial charge in [0, 0.05) is 19.6 Å². The Balaban J connectivity index is -0.000000315. The Morgan fingerprint density at radius 3 is 1.23 bits per heavy atom. The van der Waals surface area contributed by atoms with Crippen LogP contribution in [0.3, 0.4) is 0 Å². The van der Waals surface area contributed by atoms with Crippen LogP contribution in [0.25, 0.3) is 0 Å². The van der Waals surface area contributed by atoms with Crippen LogP contribution in [-0.4, -0.2) is 13.2 Å². The van der Waals surface area contributed by atoms with Gasteiger partial charge in [-0.3, -0.25) is 0 Å². The quantitative estimate of drug-likeness (QED) is 0.0332. The van der Waals surface area contributed by atoms with E-state index in [1.807, 2.05) is 0 Å². The van der Waals surface area contributed by atoms with E-state index in [4.69, 9.17) is 11.2 Å². The summed E-state index contributed by atoms with van der Waals surface area (Å²) in [5, 5.41) is 0. The van der Waals surface area contributed by atoms with Gasteiger partial charge in [0.1, 0.15) is 0 Å². The van der Waals surface area contributed by atoms with Crippen LogP contribution < -0.4 is 18.9 Å². The third-order valence-corrected chi connectivity index (χ3v) is 9.70. The first kappa shape index (κ1) is 55.6. The summed E-state index contributed by atoms with van der Waals surface area (Å²) in [7, 11) is 0.